The number of carbonyl (C=O) groups excluding carboxylic acids is 1. The fourth-order valence-electron chi connectivity index (χ4n) is 4.24. The van der Waals surface area contributed by atoms with Gasteiger partial charge >= 0.3 is 0 Å². The van der Waals surface area contributed by atoms with Crippen molar-refractivity contribution in [2.24, 2.45) is 5.92 Å². The number of rotatable bonds is 8. The molecule has 1 aliphatic carbocycles. The molecular weight excluding hydrogens is 394 g/mol. The van der Waals surface area contributed by atoms with E-state index in [-0.39, 0.29) is 16.7 Å². The van der Waals surface area contributed by atoms with E-state index in [9.17, 15) is 13.2 Å². The van der Waals surface area contributed by atoms with Gasteiger partial charge in [0.2, 0.25) is 15.9 Å². The minimum Gasteiger partial charge on any atom is -0.378 e. The van der Waals surface area contributed by atoms with Crippen LogP contribution in [-0.2, 0) is 19.6 Å². The van der Waals surface area contributed by atoms with E-state index in [1.165, 1.54) is 23.6 Å². The lowest BCUT2D eigenvalue weighted by molar-refractivity contribution is -0.126. The van der Waals surface area contributed by atoms with E-state index in [1.54, 1.807) is 13.8 Å². The molecule has 9 heteroatoms. The Balaban J connectivity index is 1.38. The van der Waals surface area contributed by atoms with E-state index in [1.807, 2.05) is 0 Å². The number of nitrogens with zero attached hydrogens (tertiary/aromatic N) is 2. The highest BCUT2D eigenvalue weighted by Crippen LogP contribution is 2.27. The predicted octanol–water partition coefficient (Wildman–Crippen LogP) is 2.55. The highest BCUT2D eigenvalue weighted by molar-refractivity contribution is 7.89. The number of aromatic nitrogens is 1. The van der Waals surface area contributed by atoms with Gasteiger partial charge in [-0.15, -0.1) is 0 Å². The van der Waals surface area contributed by atoms with Crippen LogP contribution < -0.4 is 5.32 Å². The first kappa shape index (κ1) is 22.2. The minimum absolute atomic E-state index is 0.0112. The molecule has 1 saturated carbocycles. The minimum atomic E-state index is -3.64. The molecule has 2 heterocycles. The number of nitrogens with one attached hydrogen (secondary N) is 1. The van der Waals surface area contributed by atoms with E-state index in [0.717, 1.165) is 19.3 Å². The number of hydrogen-bond acceptors (Lipinski definition) is 6. The second kappa shape index (κ2) is 10.0. The largest absolute Gasteiger partial charge is 0.378 e. The van der Waals surface area contributed by atoms with Crippen LogP contribution in [0.4, 0.5) is 0 Å². The zero-order chi connectivity index (χ0) is 20.9. The number of piperidine rings is 1. The molecule has 1 N–H and O–H groups in total. The SMILES string of the molecule is Cc1noc(C)c1S(=O)(=O)N1CCC(C(=O)NCCCOC2CCCCC2)CC1. The maximum atomic E-state index is 12.9. The molecule has 2 fully saturated rings. The van der Waals surface area contributed by atoms with E-state index in [2.05, 4.69) is 10.5 Å². The Morgan fingerprint density at radius 2 is 1.86 bits per heavy atom. The second-order valence-electron chi connectivity index (χ2n) is 8.11. The van der Waals surface area contributed by atoms with Crippen LogP contribution >= 0.6 is 0 Å². The number of ether oxygens (including phenoxy) is 1. The first-order valence-corrected chi connectivity index (χ1v) is 12.2. The van der Waals surface area contributed by atoms with Crippen molar-refractivity contribution in [3.05, 3.63) is 11.5 Å². The zero-order valence-corrected chi connectivity index (χ0v) is 18.3. The summed E-state index contributed by atoms with van der Waals surface area (Å²) in [6.45, 7) is 5.17. The van der Waals surface area contributed by atoms with Gasteiger partial charge in [-0.2, -0.15) is 4.31 Å². The molecule has 8 nitrogen and oxygen atoms in total. The first-order chi connectivity index (χ1) is 13.9. The quantitative estimate of drug-likeness (QED) is 0.640. The Morgan fingerprint density at radius 3 is 2.48 bits per heavy atom. The third-order valence-corrected chi connectivity index (χ3v) is 8.06. The summed E-state index contributed by atoms with van der Waals surface area (Å²) in [5.41, 5.74) is 0.373. The lowest BCUT2D eigenvalue weighted by Gasteiger charge is -2.30. The summed E-state index contributed by atoms with van der Waals surface area (Å²) < 4.78 is 38.0. The molecule has 0 radical (unpaired) electrons. The summed E-state index contributed by atoms with van der Waals surface area (Å²) in [4.78, 5) is 12.6. The van der Waals surface area contributed by atoms with Gasteiger partial charge < -0.3 is 14.6 Å². The molecule has 0 aromatic carbocycles. The van der Waals surface area contributed by atoms with Crippen LogP contribution in [0.15, 0.2) is 9.42 Å². The molecule has 29 heavy (non-hydrogen) atoms. The van der Waals surface area contributed by atoms with Crippen LogP contribution in [0.25, 0.3) is 0 Å². The highest BCUT2D eigenvalue weighted by atomic mass is 32.2. The van der Waals surface area contributed by atoms with Crippen molar-refractivity contribution in [3.8, 4) is 0 Å². The Kier molecular flexibility index (Phi) is 7.70. The predicted molar refractivity (Wildman–Crippen MR) is 108 cm³/mol. The summed E-state index contributed by atoms with van der Waals surface area (Å²) in [5, 5.41) is 6.72. The van der Waals surface area contributed by atoms with E-state index < -0.39 is 10.0 Å². The van der Waals surface area contributed by atoms with Crippen molar-refractivity contribution >= 4 is 15.9 Å². The van der Waals surface area contributed by atoms with Crippen molar-refractivity contribution in [3.63, 3.8) is 0 Å². The molecule has 1 saturated heterocycles. The average Bonchev–Trinajstić information content (AvgIpc) is 3.07. The van der Waals surface area contributed by atoms with Crippen molar-refractivity contribution in [2.75, 3.05) is 26.2 Å². The van der Waals surface area contributed by atoms with E-state index >= 15 is 0 Å². The van der Waals surface area contributed by atoms with Gasteiger partial charge in [-0.3, -0.25) is 4.79 Å². The maximum Gasteiger partial charge on any atom is 0.248 e. The standard InChI is InChI=1S/C20H33N3O5S/c1-15-19(16(2)28-22-15)29(25,26)23-12-9-17(10-13-23)20(24)21-11-6-14-27-18-7-4-3-5-8-18/h17-18H,3-14H2,1-2H3,(H,21,24). The van der Waals surface area contributed by atoms with Crippen LogP contribution in [0.1, 0.15) is 62.8 Å². The third kappa shape index (κ3) is 5.58. The molecule has 0 bridgehead atoms. The Hall–Kier alpha value is -1.45. The van der Waals surface area contributed by atoms with Crippen LogP contribution in [0, 0.1) is 19.8 Å². The third-order valence-electron chi connectivity index (χ3n) is 5.92. The fraction of sp³-hybridized carbons (Fsp3) is 0.800. The van der Waals surface area contributed by atoms with Crippen LogP contribution in [0.3, 0.4) is 0 Å². The molecule has 1 aliphatic heterocycles. The second-order valence-corrected chi connectivity index (χ2v) is 9.98. The van der Waals surface area contributed by atoms with Gasteiger partial charge in [-0.25, -0.2) is 8.42 Å². The summed E-state index contributed by atoms with van der Waals surface area (Å²) >= 11 is 0. The summed E-state index contributed by atoms with van der Waals surface area (Å²) in [5.74, 6) is 0.167. The number of aryl methyl sites for hydroxylation is 2. The van der Waals surface area contributed by atoms with Gasteiger partial charge in [0.05, 0.1) is 6.10 Å². The van der Waals surface area contributed by atoms with Crippen LogP contribution in [0.2, 0.25) is 0 Å². The summed E-state index contributed by atoms with van der Waals surface area (Å²) in [6.07, 6.45) is 8.38. The topological polar surface area (TPSA) is 102 Å². The Labute approximate surface area is 173 Å². The zero-order valence-electron chi connectivity index (χ0n) is 17.5. The van der Waals surface area contributed by atoms with Crippen molar-refractivity contribution in [1.29, 1.82) is 0 Å². The Bertz CT molecular complexity index is 759. The normalized spacial score (nSPS) is 20.1. The number of hydrogen-bond donors (Lipinski definition) is 1. The summed E-state index contributed by atoms with van der Waals surface area (Å²) in [7, 11) is -3.64. The number of amides is 1. The van der Waals surface area contributed by atoms with E-state index in [0.29, 0.717) is 56.6 Å². The monoisotopic (exact) mass is 427 g/mol. The van der Waals surface area contributed by atoms with Crippen LogP contribution in [-0.4, -0.2) is 56.1 Å². The fourth-order valence-corrected chi connectivity index (χ4v) is 6.00. The van der Waals surface area contributed by atoms with Gasteiger partial charge in [-0.1, -0.05) is 24.4 Å². The number of carbonyl (C=O) groups is 1. The average molecular weight is 428 g/mol. The molecule has 3 rings (SSSR count). The smallest absolute Gasteiger partial charge is 0.248 e. The van der Waals surface area contributed by atoms with Gasteiger partial charge in [0.25, 0.3) is 0 Å². The Morgan fingerprint density at radius 1 is 1.17 bits per heavy atom. The van der Waals surface area contributed by atoms with Gasteiger partial charge in [0, 0.05) is 32.2 Å². The first-order valence-electron chi connectivity index (χ1n) is 10.7. The van der Waals surface area contributed by atoms with Crippen molar-refractivity contribution in [2.45, 2.75) is 76.2 Å². The molecular formula is C20H33N3O5S. The number of sulfonamides is 1. The van der Waals surface area contributed by atoms with Crippen molar-refractivity contribution < 1.29 is 22.5 Å². The lowest BCUT2D eigenvalue weighted by Crippen LogP contribution is -2.43. The lowest BCUT2D eigenvalue weighted by atomic mass is 9.97. The van der Waals surface area contributed by atoms with Crippen LogP contribution in [0.5, 0.6) is 0 Å². The molecule has 0 spiro atoms. The van der Waals surface area contributed by atoms with Gasteiger partial charge in [-0.05, 0) is 46.0 Å². The highest BCUT2D eigenvalue weighted by Gasteiger charge is 2.35. The molecule has 1 aromatic rings. The molecule has 1 aromatic heterocycles. The molecule has 2 aliphatic rings. The van der Waals surface area contributed by atoms with Gasteiger partial charge in [0.1, 0.15) is 10.6 Å². The van der Waals surface area contributed by atoms with Crippen molar-refractivity contribution in [1.82, 2.24) is 14.8 Å². The van der Waals surface area contributed by atoms with Gasteiger partial charge in [0.15, 0.2) is 5.76 Å². The molecule has 0 atom stereocenters. The molecule has 164 valence electrons. The maximum absolute atomic E-state index is 12.9. The van der Waals surface area contributed by atoms with E-state index in [4.69, 9.17) is 9.26 Å². The molecule has 1 amide bonds. The summed E-state index contributed by atoms with van der Waals surface area (Å²) in [6, 6.07) is 0. The molecule has 0 unspecified atom stereocenters.